The van der Waals surface area contributed by atoms with E-state index in [1.165, 1.54) is 0 Å². The van der Waals surface area contributed by atoms with Gasteiger partial charge in [0, 0.05) is 76.2 Å². The van der Waals surface area contributed by atoms with Crippen LogP contribution in [0.2, 0.25) is 0 Å². The first kappa shape index (κ1) is 26.7. The second-order valence-electron chi connectivity index (χ2n) is 12.1. The molecular formula is C29H45N7O2. The van der Waals surface area contributed by atoms with Crippen molar-refractivity contribution in [3.63, 3.8) is 0 Å². The van der Waals surface area contributed by atoms with Gasteiger partial charge in [0.15, 0.2) is 0 Å². The normalized spacial score (nSPS) is 26.3. The lowest BCUT2D eigenvalue weighted by molar-refractivity contribution is 0.00790. The van der Waals surface area contributed by atoms with Gasteiger partial charge in [-0.3, -0.25) is 9.80 Å². The Bertz CT molecular complexity index is 1030. The molecule has 0 bridgehead atoms. The number of benzene rings is 1. The monoisotopic (exact) mass is 523 g/mol. The van der Waals surface area contributed by atoms with Gasteiger partial charge in [-0.15, -0.1) is 0 Å². The van der Waals surface area contributed by atoms with E-state index in [2.05, 4.69) is 20.0 Å². The molecule has 4 aliphatic rings. The molecule has 5 N–H and O–H groups in total. The number of piperazine rings is 1. The van der Waals surface area contributed by atoms with Crippen LogP contribution in [0.1, 0.15) is 45.6 Å². The van der Waals surface area contributed by atoms with Crippen LogP contribution in [0.4, 0.5) is 4.79 Å². The number of nitrogens with zero attached hydrogens (tertiary/aromatic N) is 4. The highest BCUT2D eigenvalue weighted by atomic mass is 16.6. The average molecular weight is 524 g/mol. The number of ether oxygens (including phenoxy) is 1. The highest BCUT2D eigenvalue weighted by Gasteiger charge is 2.40. The van der Waals surface area contributed by atoms with Crippen LogP contribution in [-0.4, -0.2) is 102 Å². The van der Waals surface area contributed by atoms with Crippen LogP contribution >= 0.6 is 0 Å². The van der Waals surface area contributed by atoms with E-state index < -0.39 is 5.60 Å². The van der Waals surface area contributed by atoms with Crippen molar-refractivity contribution in [2.45, 2.75) is 63.8 Å². The molecule has 0 aromatic heterocycles. The number of amides is 1. The summed E-state index contributed by atoms with van der Waals surface area (Å²) in [6.07, 6.45) is 5.03. The average Bonchev–Trinajstić information content (AvgIpc) is 3.35. The minimum atomic E-state index is -0.443. The number of nitrogens with two attached hydrogens (primary N) is 2. The van der Waals surface area contributed by atoms with Crippen molar-refractivity contribution in [2.75, 3.05) is 52.4 Å². The van der Waals surface area contributed by atoms with E-state index in [-0.39, 0.29) is 6.09 Å². The molecule has 208 valence electrons. The first-order chi connectivity index (χ1) is 18.2. The van der Waals surface area contributed by atoms with Crippen LogP contribution in [0, 0.1) is 0 Å². The van der Waals surface area contributed by atoms with Crippen LogP contribution in [0.15, 0.2) is 47.9 Å². The summed E-state index contributed by atoms with van der Waals surface area (Å²) in [5.41, 5.74) is 15.2. The van der Waals surface area contributed by atoms with Gasteiger partial charge in [0.2, 0.25) is 0 Å². The molecule has 3 fully saturated rings. The van der Waals surface area contributed by atoms with E-state index in [4.69, 9.17) is 16.2 Å². The lowest BCUT2D eigenvalue weighted by Gasteiger charge is -2.44. The Balaban J connectivity index is 1.13. The van der Waals surface area contributed by atoms with Crippen molar-refractivity contribution >= 4 is 11.8 Å². The predicted octanol–water partition coefficient (Wildman–Crippen LogP) is 2.18. The van der Waals surface area contributed by atoms with Gasteiger partial charge in [-0.2, -0.15) is 0 Å². The fourth-order valence-corrected chi connectivity index (χ4v) is 6.35. The van der Waals surface area contributed by atoms with Crippen LogP contribution < -0.4 is 16.8 Å². The third kappa shape index (κ3) is 6.04. The van der Waals surface area contributed by atoms with Gasteiger partial charge in [0.25, 0.3) is 0 Å². The van der Waals surface area contributed by atoms with Crippen molar-refractivity contribution in [2.24, 2.45) is 11.5 Å². The van der Waals surface area contributed by atoms with Crippen LogP contribution in [0.25, 0.3) is 5.70 Å². The highest BCUT2D eigenvalue weighted by Crippen LogP contribution is 2.31. The Labute approximate surface area is 227 Å². The fraction of sp³-hybridized carbons (Fsp3) is 0.621. The van der Waals surface area contributed by atoms with Crippen LogP contribution in [0.5, 0.6) is 0 Å². The Morgan fingerprint density at radius 1 is 0.974 bits per heavy atom. The molecule has 4 aliphatic heterocycles. The summed E-state index contributed by atoms with van der Waals surface area (Å²) in [6, 6.07) is 11.6. The van der Waals surface area contributed by atoms with Gasteiger partial charge in [0.05, 0.1) is 5.70 Å². The fourth-order valence-electron chi connectivity index (χ4n) is 6.35. The van der Waals surface area contributed by atoms with E-state index in [9.17, 15) is 4.79 Å². The number of allylic oxidation sites excluding steroid dienone is 1. The molecule has 1 aromatic carbocycles. The van der Waals surface area contributed by atoms with Crippen molar-refractivity contribution < 1.29 is 9.53 Å². The summed E-state index contributed by atoms with van der Waals surface area (Å²) >= 11 is 0. The second kappa shape index (κ2) is 11.1. The Morgan fingerprint density at radius 2 is 1.61 bits per heavy atom. The zero-order valence-corrected chi connectivity index (χ0v) is 23.2. The summed E-state index contributed by atoms with van der Waals surface area (Å²) in [4.78, 5) is 22.1. The maximum absolute atomic E-state index is 12.4. The summed E-state index contributed by atoms with van der Waals surface area (Å²) in [5.74, 6) is 0.711. The van der Waals surface area contributed by atoms with Gasteiger partial charge < -0.3 is 31.3 Å². The van der Waals surface area contributed by atoms with Crippen molar-refractivity contribution in [3.8, 4) is 0 Å². The molecule has 38 heavy (non-hydrogen) atoms. The standard InChI is InChI=1S/C29H45N7O2/c1-29(2,3)38-28(37)35-11-9-22(10-12-35)33-13-15-34(16-14-33)24-17-23-19-32-27(31)26(36(23)20-24)18-25(30)21-7-5-4-6-8-21/h4-8,18,22-24,32H,9-17,19-20,30-31H2,1-3H3/b25-18-. The van der Waals surface area contributed by atoms with Gasteiger partial charge in [-0.1, -0.05) is 30.3 Å². The number of hydrogen-bond donors (Lipinski definition) is 3. The molecule has 2 atom stereocenters. The molecule has 9 nitrogen and oxygen atoms in total. The Hall–Kier alpha value is -2.91. The zero-order chi connectivity index (χ0) is 26.9. The summed E-state index contributed by atoms with van der Waals surface area (Å²) < 4.78 is 5.56. The number of likely N-dealkylation sites (tertiary alicyclic amines) is 1. The zero-order valence-electron chi connectivity index (χ0n) is 23.2. The van der Waals surface area contributed by atoms with E-state index in [0.717, 1.165) is 88.6 Å². The maximum atomic E-state index is 12.4. The van der Waals surface area contributed by atoms with Gasteiger partial charge in [-0.25, -0.2) is 4.79 Å². The maximum Gasteiger partial charge on any atom is 0.410 e. The quantitative estimate of drug-likeness (QED) is 0.552. The number of fused-ring (bicyclic) bond motifs is 1. The molecule has 4 heterocycles. The number of hydrogen-bond acceptors (Lipinski definition) is 8. The summed E-state index contributed by atoms with van der Waals surface area (Å²) in [6.45, 7) is 13.5. The van der Waals surface area contributed by atoms with Gasteiger partial charge in [-0.05, 0) is 51.7 Å². The third-order valence-electron chi connectivity index (χ3n) is 8.40. The minimum absolute atomic E-state index is 0.178. The summed E-state index contributed by atoms with van der Waals surface area (Å²) in [7, 11) is 0. The SMILES string of the molecule is CC(C)(C)OC(=O)N1CCC(N2CCN(C3CC4CNC(N)=C(/C=C(\N)c5ccccc5)N4C3)CC2)CC1. The number of carbonyl (C=O) groups is 1. The number of rotatable bonds is 4. The van der Waals surface area contributed by atoms with Crippen LogP contribution in [-0.2, 0) is 4.74 Å². The first-order valence-electron chi connectivity index (χ1n) is 14.2. The number of nitrogens with one attached hydrogen (secondary N) is 1. The van der Waals surface area contributed by atoms with Crippen LogP contribution in [0.3, 0.4) is 0 Å². The number of carbonyl (C=O) groups excluding carboxylic acids is 1. The van der Waals surface area contributed by atoms with Crippen molar-refractivity contribution in [1.82, 2.24) is 24.9 Å². The predicted molar refractivity (Wildman–Crippen MR) is 151 cm³/mol. The lowest BCUT2D eigenvalue weighted by atomic mass is 10.0. The molecular weight excluding hydrogens is 478 g/mol. The molecule has 0 spiro atoms. The number of piperidine rings is 1. The van der Waals surface area contributed by atoms with Gasteiger partial charge >= 0.3 is 6.09 Å². The van der Waals surface area contributed by atoms with E-state index >= 15 is 0 Å². The molecule has 2 unspecified atom stereocenters. The van der Waals surface area contributed by atoms with E-state index in [1.807, 2.05) is 62.1 Å². The molecule has 9 heteroatoms. The molecule has 0 saturated carbocycles. The topological polar surface area (TPSA) is 103 Å². The smallest absolute Gasteiger partial charge is 0.410 e. The molecule has 0 aliphatic carbocycles. The Kier molecular flexibility index (Phi) is 7.77. The first-order valence-corrected chi connectivity index (χ1v) is 14.2. The van der Waals surface area contributed by atoms with Crippen molar-refractivity contribution in [1.29, 1.82) is 0 Å². The van der Waals surface area contributed by atoms with E-state index in [0.29, 0.717) is 23.9 Å². The Morgan fingerprint density at radius 3 is 2.24 bits per heavy atom. The summed E-state index contributed by atoms with van der Waals surface area (Å²) in [5, 5.41) is 3.41. The van der Waals surface area contributed by atoms with E-state index in [1.54, 1.807) is 0 Å². The molecule has 5 rings (SSSR count). The molecule has 0 radical (unpaired) electrons. The molecule has 3 saturated heterocycles. The highest BCUT2D eigenvalue weighted by molar-refractivity contribution is 5.68. The largest absolute Gasteiger partial charge is 0.444 e. The van der Waals surface area contributed by atoms with Crippen molar-refractivity contribution in [3.05, 3.63) is 53.5 Å². The molecule has 1 amide bonds. The molecule has 1 aromatic rings. The lowest BCUT2D eigenvalue weighted by Crippen LogP contribution is -2.56. The second-order valence-corrected chi connectivity index (χ2v) is 12.1. The third-order valence-corrected chi connectivity index (χ3v) is 8.40. The minimum Gasteiger partial charge on any atom is -0.444 e. The van der Waals surface area contributed by atoms with Gasteiger partial charge in [0.1, 0.15) is 11.4 Å².